The fraction of sp³-hybridized carbons (Fsp3) is 0.600. The van der Waals surface area contributed by atoms with Gasteiger partial charge in [-0.05, 0) is 49.4 Å². The van der Waals surface area contributed by atoms with E-state index >= 15 is 0 Å². The fourth-order valence-corrected chi connectivity index (χ4v) is 2.51. The van der Waals surface area contributed by atoms with Gasteiger partial charge >= 0.3 is 0 Å². The predicted molar refractivity (Wildman–Crippen MR) is 70.0 cm³/mol. The lowest BCUT2D eigenvalue weighted by Crippen LogP contribution is -2.33. The Kier molecular flexibility index (Phi) is 4.55. The summed E-state index contributed by atoms with van der Waals surface area (Å²) in [6.45, 7) is 4.09. The first-order valence-electron chi connectivity index (χ1n) is 6.72. The average Bonchev–Trinajstić information content (AvgIpc) is 2.40. The van der Waals surface area contributed by atoms with Crippen molar-refractivity contribution in [1.29, 1.82) is 0 Å². The van der Waals surface area contributed by atoms with E-state index in [0.29, 0.717) is 6.42 Å². The number of alkyl halides is 1. The second kappa shape index (κ2) is 6.15. The molecule has 0 amide bonds. The van der Waals surface area contributed by atoms with E-state index < -0.39 is 6.17 Å². The van der Waals surface area contributed by atoms with Gasteiger partial charge in [0.05, 0.1) is 0 Å². The lowest BCUT2D eigenvalue weighted by Gasteiger charge is -2.25. The summed E-state index contributed by atoms with van der Waals surface area (Å²) in [7, 11) is 0. The second-order valence-electron chi connectivity index (χ2n) is 4.98. The summed E-state index contributed by atoms with van der Waals surface area (Å²) in [4.78, 5) is 0. The summed E-state index contributed by atoms with van der Waals surface area (Å²) >= 11 is 0. The molecule has 1 aliphatic heterocycles. The number of benzene rings is 1. The summed E-state index contributed by atoms with van der Waals surface area (Å²) in [6, 6.07) is 8.38. The lowest BCUT2D eigenvalue weighted by atomic mass is 9.89. The first-order valence-corrected chi connectivity index (χ1v) is 6.72. The van der Waals surface area contributed by atoms with Gasteiger partial charge in [0, 0.05) is 6.42 Å². The van der Waals surface area contributed by atoms with E-state index in [4.69, 9.17) is 0 Å². The molecule has 0 bridgehead atoms. The van der Waals surface area contributed by atoms with Crippen LogP contribution >= 0.6 is 0 Å². The van der Waals surface area contributed by atoms with Crippen LogP contribution in [0.5, 0.6) is 0 Å². The summed E-state index contributed by atoms with van der Waals surface area (Å²) < 4.78 is 14.1. The number of rotatable bonds is 4. The molecule has 0 aromatic heterocycles. The van der Waals surface area contributed by atoms with E-state index in [1.807, 2.05) is 0 Å². The summed E-state index contributed by atoms with van der Waals surface area (Å²) in [5.74, 6) is 0.252. The van der Waals surface area contributed by atoms with E-state index in [-0.39, 0.29) is 5.92 Å². The third kappa shape index (κ3) is 3.53. The Morgan fingerprint density at radius 2 is 1.76 bits per heavy atom. The van der Waals surface area contributed by atoms with Gasteiger partial charge in [0.25, 0.3) is 0 Å². The molecule has 0 aliphatic carbocycles. The highest BCUT2D eigenvalue weighted by Crippen LogP contribution is 2.22. The molecular weight excluding hydrogens is 213 g/mol. The Morgan fingerprint density at radius 3 is 2.35 bits per heavy atom. The van der Waals surface area contributed by atoms with E-state index in [1.165, 1.54) is 5.56 Å². The van der Waals surface area contributed by atoms with Crippen molar-refractivity contribution in [2.75, 3.05) is 13.1 Å². The highest BCUT2D eigenvalue weighted by molar-refractivity contribution is 5.23. The standard InChI is InChI=1S/C15H22FN/c1-2-12-3-5-13(6-4-12)11-15(16)14-7-9-17-10-8-14/h3-6,14-15,17H,2,7-11H2,1H3. The van der Waals surface area contributed by atoms with Crippen molar-refractivity contribution in [3.05, 3.63) is 35.4 Å². The Hall–Kier alpha value is -0.890. The Morgan fingerprint density at radius 1 is 1.18 bits per heavy atom. The molecule has 2 heteroatoms. The molecule has 1 saturated heterocycles. The third-order valence-electron chi connectivity index (χ3n) is 3.76. The SMILES string of the molecule is CCc1ccc(CC(F)C2CCNCC2)cc1. The quantitative estimate of drug-likeness (QED) is 0.845. The van der Waals surface area contributed by atoms with Crippen LogP contribution in [0.4, 0.5) is 4.39 Å². The average molecular weight is 235 g/mol. The zero-order chi connectivity index (χ0) is 12.1. The van der Waals surface area contributed by atoms with E-state index in [9.17, 15) is 4.39 Å². The van der Waals surface area contributed by atoms with E-state index in [2.05, 4.69) is 36.5 Å². The molecule has 1 nitrogen and oxygen atoms in total. The van der Waals surface area contributed by atoms with Crippen LogP contribution in [0.1, 0.15) is 30.9 Å². The van der Waals surface area contributed by atoms with Crippen LogP contribution in [0.15, 0.2) is 24.3 Å². The van der Waals surface area contributed by atoms with Gasteiger partial charge in [0.1, 0.15) is 6.17 Å². The van der Waals surface area contributed by atoms with Gasteiger partial charge in [-0.3, -0.25) is 0 Å². The predicted octanol–water partition coefficient (Wildman–Crippen LogP) is 3.13. The van der Waals surface area contributed by atoms with Crippen LogP contribution < -0.4 is 5.32 Å². The van der Waals surface area contributed by atoms with Gasteiger partial charge in [-0.15, -0.1) is 0 Å². The van der Waals surface area contributed by atoms with Gasteiger partial charge in [0.2, 0.25) is 0 Å². The van der Waals surface area contributed by atoms with Gasteiger partial charge in [-0.1, -0.05) is 31.2 Å². The number of piperidine rings is 1. The lowest BCUT2D eigenvalue weighted by molar-refractivity contribution is 0.187. The van der Waals surface area contributed by atoms with Gasteiger partial charge in [-0.2, -0.15) is 0 Å². The molecule has 0 saturated carbocycles. The van der Waals surface area contributed by atoms with Crippen LogP contribution in [0.25, 0.3) is 0 Å². The minimum Gasteiger partial charge on any atom is -0.317 e. The van der Waals surface area contributed by atoms with E-state index in [0.717, 1.165) is 37.9 Å². The summed E-state index contributed by atoms with van der Waals surface area (Å²) in [5.41, 5.74) is 2.46. The molecule has 1 N–H and O–H groups in total. The maximum absolute atomic E-state index is 14.1. The minimum atomic E-state index is -0.676. The molecule has 1 atom stereocenters. The molecule has 17 heavy (non-hydrogen) atoms. The molecule has 1 aliphatic rings. The highest BCUT2D eigenvalue weighted by atomic mass is 19.1. The molecule has 2 rings (SSSR count). The molecular formula is C15H22FN. The number of halogens is 1. The molecule has 1 fully saturated rings. The van der Waals surface area contributed by atoms with E-state index in [1.54, 1.807) is 0 Å². The topological polar surface area (TPSA) is 12.0 Å². The van der Waals surface area contributed by atoms with Gasteiger partial charge in [0.15, 0.2) is 0 Å². The van der Waals surface area contributed by atoms with Gasteiger partial charge < -0.3 is 5.32 Å². The monoisotopic (exact) mass is 235 g/mol. The Labute approximate surface area is 103 Å². The molecule has 1 heterocycles. The van der Waals surface area contributed by atoms with Crippen molar-refractivity contribution in [2.24, 2.45) is 5.92 Å². The van der Waals surface area contributed by atoms with Crippen LogP contribution in [0.3, 0.4) is 0 Å². The smallest absolute Gasteiger partial charge is 0.107 e. The first-order chi connectivity index (χ1) is 8.29. The van der Waals surface area contributed by atoms with Crippen LogP contribution in [0, 0.1) is 5.92 Å². The first kappa shape index (κ1) is 12.6. The number of hydrogen-bond donors (Lipinski definition) is 1. The number of aryl methyl sites for hydroxylation is 1. The second-order valence-corrected chi connectivity index (χ2v) is 4.98. The zero-order valence-corrected chi connectivity index (χ0v) is 10.6. The zero-order valence-electron chi connectivity index (χ0n) is 10.6. The molecule has 1 aromatic carbocycles. The number of hydrogen-bond acceptors (Lipinski definition) is 1. The van der Waals surface area contributed by atoms with Crippen LogP contribution in [0.2, 0.25) is 0 Å². The van der Waals surface area contributed by atoms with Gasteiger partial charge in [-0.25, -0.2) is 4.39 Å². The maximum atomic E-state index is 14.1. The Bertz CT molecular complexity index is 327. The Balaban J connectivity index is 1.89. The largest absolute Gasteiger partial charge is 0.317 e. The van der Waals surface area contributed by atoms with Crippen molar-refractivity contribution in [3.63, 3.8) is 0 Å². The van der Waals surface area contributed by atoms with Crippen molar-refractivity contribution in [1.82, 2.24) is 5.32 Å². The normalized spacial score (nSPS) is 19.2. The third-order valence-corrected chi connectivity index (χ3v) is 3.76. The summed E-state index contributed by atoms with van der Waals surface area (Å²) in [5, 5.41) is 3.28. The summed E-state index contributed by atoms with van der Waals surface area (Å²) in [6.07, 6.45) is 2.91. The highest BCUT2D eigenvalue weighted by Gasteiger charge is 2.23. The molecule has 0 radical (unpaired) electrons. The minimum absolute atomic E-state index is 0.252. The molecule has 0 spiro atoms. The van der Waals surface area contributed by atoms with Crippen molar-refractivity contribution >= 4 is 0 Å². The van der Waals surface area contributed by atoms with Crippen LogP contribution in [-0.2, 0) is 12.8 Å². The maximum Gasteiger partial charge on any atom is 0.107 e. The molecule has 94 valence electrons. The molecule has 1 unspecified atom stereocenters. The number of nitrogens with one attached hydrogen (secondary N) is 1. The van der Waals surface area contributed by atoms with Crippen molar-refractivity contribution in [2.45, 2.75) is 38.8 Å². The van der Waals surface area contributed by atoms with Crippen LogP contribution in [-0.4, -0.2) is 19.3 Å². The van der Waals surface area contributed by atoms with Crippen molar-refractivity contribution < 1.29 is 4.39 Å². The fourth-order valence-electron chi connectivity index (χ4n) is 2.51. The van der Waals surface area contributed by atoms with Crippen molar-refractivity contribution in [3.8, 4) is 0 Å². The molecule has 1 aromatic rings.